The molecule has 2 aliphatic carbocycles. The Kier molecular flexibility index (Phi) is 15.3. The molecule has 268 valence electrons. The van der Waals surface area contributed by atoms with E-state index < -0.39 is 24.1 Å². The van der Waals surface area contributed by atoms with Gasteiger partial charge in [-0.25, -0.2) is 0 Å². The molecule has 0 aromatic rings. The zero-order valence-corrected chi connectivity index (χ0v) is 32.1. The van der Waals surface area contributed by atoms with Crippen molar-refractivity contribution in [3.63, 3.8) is 0 Å². The van der Waals surface area contributed by atoms with E-state index in [1.165, 1.54) is 13.8 Å². The molecule has 2 aliphatic rings. The SMILES string of the molecule is CC(=O)OC1CC(C)(C)C(/C=C/C(C)=C\C=C\C(C)=C/C=C/C=C(C)/C=C/C=C(C)/C=C/C2=C(C)C(=O)C(OC(C)=O)CC2(C)C)=C(C)C1=O. The average molecular weight is 681 g/mol. The second kappa shape index (κ2) is 18.4. The van der Waals surface area contributed by atoms with Crippen LogP contribution in [0.3, 0.4) is 0 Å². The number of ketones is 2. The summed E-state index contributed by atoms with van der Waals surface area (Å²) in [5.74, 6) is -1.13. The number of rotatable bonds is 12. The van der Waals surface area contributed by atoms with E-state index in [0.717, 1.165) is 33.4 Å². The molecule has 6 heteroatoms. The molecule has 0 aromatic heterocycles. The van der Waals surface area contributed by atoms with Crippen LogP contribution >= 0.6 is 0 Å². The molecular weight excluding hydrogens is 624 g/mol. The Hall–Kier alpha value is -4.58. The van der Waals surface area contributed by atoms with Crippen LogP contribution in [-0.4, -0.2) is 35.7 Å². The summed E-state index contributed by atoms with van der Waals surface area (Å²) >= 11 is 0. The summed E-state index contributed by atoms with van der Waals surface area (Å²) in [5, 5.41) is 0. The number of allylic oxidation sites excluding steroid dienone is 20. The standard InChI is InChI=1S/C44H56O6/c1-29(19-15-21-31(3)23-25-37-33(5)41(47)39(49-35(7)45)27-43(37,9)10)17-13-14-18-30(2)20-16-22-32(4)24-26-38-34(6)42(48)40(50-36(8)46)28-44(38,11)12/h13-26,39-40H,27-28H2,1-12H3/b14-13+,19-15+,20-16+,25-23+,26-24+,29-17-,30-18+,31-21-,32-22+. The van der Waals surface area contributed by atoms with Gasteiger partial charge in [0, 0.05) is 26.7 Å². The summed E-state index contributed by atoms with van der Waals surface area (Å²) in [6, 6.07) is 0. The highest BCUT2D eigenvalue weighted by Crippen LogP contribution is 2.42. The smallest absolute Gasteiger partial charge is 0.303 e. The first-order valence-corrected chi connectivity index (χ1v) is 17.2. The summed E-state index contributed by atoms with van der Waals surface area (Å²) in [6.07, 6.45) is 27.8. The van der Waals surface area contributed by atoms with Gasteiger partial charge in [0.25, 0.3) is 0 Å². The maximum absolute atomic E-state index is 12.8. The van der Waals surface area contributed by atoms with Crippen molar-refractivity contribution in [3.8, 4) is 0 Å². The van der Waals surface area contributed by atoms with Gasteiger partial charge in [-0.1, -0.05) is 135 Å². The molecule has 6 nitrogen and oxygen atoms in total. The van der Waals surface area contributed by atoms with Crippen LogP contribution in [0.25, 0.3) is 0 Å². The van der Waals surface area contributed by atoms with Crippen molar-refractivity contribution >= 4 is 23.5 Å². The third-order valence-corrected chi connectivity index (χ3v) is 8.89. The fourth-order valence-electron chi connectivity index (χ4n) is 6.16. The van der Waals surface area contributed by atoms with Crippen LogP contribution in [0.5, 0.6) is 0 Å². The third-order valence-electron chi connectivity index (χ3n) is 8.89. The molecule has 2 atom stereocenters. The summed E-state index contributed by atoms with van der Waals surface area (Å²) < 4.78 is 10.5. The Morgan fingerprint density at radius 2 is 0.840 bits per heavy atom. The number of ether oxygens (including phenoxy) is 2. The van der Waals surface area contributed by atoms with Crippen molar-refractivity contribution < 1.29 is 28.7 Å². The summed E-state index contributed by atoms with van der Waals surface area (Å²) in [7, 11) is 0. The number of hydrogen-bond donors (Lipinski definition) is 0. The Labute approximate surface area is 300 Å². The van der Waals surface area contributed by atoms with Crippen LogP contribution < -0.4 is 0 Å². The highest BCUT2D eigenvalue weighted by molar-refractivity contribution is 6.02. The topological polar surface area (TPSA) is 86.7 Å². The van der Waals surface area contributed by atoms with E-state index in [9.17, 15) is 19.2 Å². The molecule has 0 bridgehead atoms. The van der Waals surface area contributed by atoms with Gasteiger partial charge in [0.2, 0.25) is 0 Å². The molecule has 0 fully saturated rings. The van der Waals surface area contributed by atoms with Gasteiger partial charge in [-0.05, 0) is 74.7 Å². The molecule has 2 unspecified atom stereocenters. The Bertz CT molecular complexity index is 1560. The molecule has 2 rings (SSSR count). The van der Waals surface area contributed by atoms with Crippen LogP contribution in [0, 0.1) is 10.8 Å². The summed E-state index contributed by atoms with van der Waals surface area (Å²) in [4.78, 5) is 48.4. The second-order valence-electron chi connectivity index (χ2n) is 14.6. The molecule has 0 aromatic carbocycles. The van der Waals surface area contributed by atoms with E-state index in [-0.39, 0.29) is 22.4 Å². The van der Waals surface area contributed by atoms with E-state index in [1.807, 2.05) is 113 Å². The van der Waals surface area contributed by atoms with Crippen molar-refractivity contribution in [2.24, 2.45) is 10.8 Å². The lowest BCUT2D eigenvalue weighted by Crippen LogP contribution is -2.38. The third kappa shape index (κ3) is 12.7. The molecule has 0 saturated carbocycles. The van der Waals surface area contributed by atoms with Crippen molar-refractivity contribution in [2.75, 3.05) is 0 Å². The fourth-order valence-corrected chi connectivity index (χ4v) is 6.16. The van der Waals surface area contributed by atoms with Crippen LogP contribution in [0.15, 0.2) is 130 Å². The predicted octanol–water partition coefficient (Wildman–Crippen LogP) is 10.0. The highest BCUT2D eigenvalue weighted by Gasteiger charge is 2.40. The normalized spacial score (nSPS) is 22.7. The van der Waals surface area contributed by atoms with Gasteiger partial charge in [-0.2, -0.15) is 0 Å². The van der Waals surface area contributed by atoms with Gasteiger partial charge >= 0.3 is 11.9 Å². The number of hydrogen-bond acceptors (Lipinski definition) is 6. The second-order valence-corrected chi connectivity index (χ2v) is 14.6. The lowest BCUT2D eigenvalue weighted by atomic mass is 9.71. The van der Waals surface area contributed by atoms with Crippen molar-refractivity contribution in [1.82, 2.24) is 0 Å². The van der Waals surface area contributed by atoms with Crippen LogP contribution in [0.2, 0.25) is 0 Å². The molecule has 0 spiro atoms. The number of carbonyl (C=O) groups is 4. The molecule has 0 aliphatic heterocycles. The number of Topliss-reactive ketones (excluding diaryl/α,β-unsaturated/α-hetero) is 2. The summed E-state index contributed by atoms with van der Waals surface area (Å²) in [5.41, 5.74) is 6.94. The Morgan fingerprint density at radius 1 is 0.540 bits per heavy atom. The van der Waals surface area contributed by atoms with Crippen LogP contribution in [0.4, 0.5) is 0 Å². The van der Waals surface area contributed by atoms with Crippen molar-refractivity contribution in [2.45, 2.75) is 108 Å². The Morgan fingerprint density at radius 3 is 1.16 bits per heavy atom. The number of esters is 2. The molecule has 0 heterocycles. The van der Waals surface area contributed by atoms with Crippen molar-refractivity contribution in [1.29, 1.82) is 0 Å². The monoisotopic (exact) mass is 680 g/mol. The molecule has 0 saturated heterocycles. The van der Waals surface area contributed by atoms with Gasteiger partial charge in [0.1, 0.15) is 0 Å². The first-order chi connectivity index (χ1) is 23.2. The molecule has 0 amide bonds. The molecule has 50 heavy (non-hydrogen) atoms. The van der Waals surface area contributed by atoms with E-state index in [0.29, 0.717) is 24.0 Å². The minimum Gasteiger partial charge on any atom is -0.454 e. The highest BCUT2D eigenvalue weighted by atomic mass is 16.5. The van der Waals surface area contributed by atoms with Gasteiger partial charge in [-0.3, -0.25) is 19.2 Å². The molecule has 0 N–H and O–H groups in total. The zero-order chi connectivity index (χ0) is 37.8. The zero-order valence-electron chi connectivity index (χ0n) is 32.1. The van der Waals surface area contributed by atoms with Crippen LogP contribution in [0.1, 0.15) is 95.9 Å². The predicted molar refractivity (Wildman–Crippen MR) is 204 cm³/mol. The fraction of sp³-hybridized carbons (Fsp3) is 0.409. The largest absolute Gasteiger partial charge is 0.454 e. The van der Waals surface area contributed by atoms with Gasteiger partial charge < -0.3 is 9.47 Å². The van der Waals surface area contributed by atoms with E-state index >= 15 is 0 Å². The van der Waals surface area contributed by atoms with Crippen molar-refractivity contribution in [3.05, 3.63) is 130 Å². The quantitative estimate of drug-likeness (QED) is 0.151. The van der Waals surface area contributed by atoms with E-state index in [4.69, 9.17) is 9.47 Å². The average Bonchev–Trinajstić information content (AvgIpc) is 2.99. The van der Waals surface area contributed by atoms with Crippen LogP contribution in [-0.2, 0) is 28.7 Å². The minimum absolute atomic E-state index is 0.127. The maximum atomic E-state index is 12.8. The van der Waals surface area contributed by atoms with Gasteiger partial charge in [0.05, 0.1) is 0 Å². The Balaban J connectivity index is 1.98. The lowest BCUT2D eigenvalue weighted by molar-refractivity contribution is -0.154. The minimum atomic E-state index is -0.719. The van der Waals surface area contributed by atoms with E-state index in [2.05, 4.69) is 27.7 Å². The molecular formula is C44H56O6. The van der Waals surface area contributed by atoms with Gasteiger partial charge in [0.15, 0.2) is 23.8 Å². The maximum Gasteiger partial charge on any atom is 0.303 e. The lowest BCUT2D eigenvalue weighted by Gasteiger charge is -2.36. The summed E-state index contributed by atoms with van der Waals surface area (Å²) in [6.45, 7) is 22.7. The van der Waals surface area contributed by atoms with Gasteiger partial charge in [-0.15, -0.1) is 0 Å². The first-order valence-electron chi connectivity index (χ1n) is 17.2. The number of carbonyl (C=O) groups excluding carboxylic acids is 4. The van der Waals surface area contributed by atoms with E-state index in [1.54, 1.807) is 13.8 Å². The first kappa shape index (κ1) is 41.6. The molecule has 0 radical (unpaired) electrons.